The summed E-state index contributed by atoms with van der Waals surface area (Å²) in [6.07, 6.45) is -13.1. The first kappa shape index (κ1) is 44.5. The van der Waals surface area contributed by atoms with Gasteiger partial charge in [-0.1, -0.05) is 0 Å². The number of nitrogen functional groups attached to an aromatic ring is 3. The molecule has 3 aliphatic rings. The normalized spacial score (nSPS) is 33.0. The number of H-pyrrole nitrogens is 3. The van der Waals surface area contributed by atoms with Crippen LogP contribution in [0, 0.1) is 0 Å². The zero-order chi connectivity index (χ0) is 46.7. The molecule has 3 fully saturated rings. The second-order valence-corrected chi connectivity index (χ2v) is 17.8. The van der Waals surface area contributed by atoms with E-state index in [9.17, 15) is 34.6 Å². The minimum absolute atomic E-state index is 0.198. The van der Waals surface area contributed by atoms with Crippen molar-refractivity contribution in [2.45, 2.75) is 93.1 Å². The molecule has 32 heteroatoms. The predicted octanol–water partition coefficient (Wildman–Crippen LogP) is -2.19. The summed E-state index contributed by atoms with van der Waals surface area (Å²) >= 11 is 0. The summed E-state index contributed by atoms with van der Waals surface area (Å²) in [6, 6.07) is 0. The molecule has 65 heavy (non-hydrogen) atoms. The molecule has 12 atom stereocenters. The maximum Gasteiger partial charge on any atom is 0.572 e. The Kier molecular flexibility index (Phi) is 10.6. The number of anilines is 3. The summed E-state index contributed by atoms with van der Waals surface area (Å²) in [7, 11) is -4.95. The monoisotopic (exact) mass is 942 g/mol. The van der Waals surface area contributed by atoms with Crippen molar-refractivity contribution < 1.29 is 61.2 Å². The van der Waals surface area contributed by atoms with Gasteiger partial charge in [-0.3, -0.25) is 43.0 Å². The Labute approximate surface area is 359 Å². The van der Waals surface area contributed by atoms with E-state index in [1.165, 1.54) is 0 Å². The molecule has 0 bridgehead atoms. The number of aromatic amines is 3. The van der Waals surface area contributed by atoms with Crippen LogP contribution in [0.3, 0.4) is 0 Å². The average molecular weight is 943 g/mol. The van der Waals surface area contributed by atoms with Crippen molar-refractivity contribution in [3.8, 4) is 0 Å². The number of nitrogens with zero attached hydrogens (tertiary/aromatic N) is 9. The molecule has 3 saturated heterocycles. The minimum Gasteiger partial charge on any atom is -0.387 e. The van der Waals surface area contributed by atoms with Crippen LogP contribution in [-0.4, -0.2) is 152 Å². The highest BCUT2D eigenvalue weighted by Gasteiger charge is 2.61. The van der Waals surface area contributed by atoms with Crippen molar-refractivity contribution in [1.82, 2.24) is 58.6 Å². The van der Waals surface area contributed by atoms with Crippen LogP contribution in [0.5, 0.6) is 0 Å². The fourth-order valence-corrected chi connectivity index (χ4v) is 9.24. The van der Waals surface area contributed by atoms with Gasteiger partial charge in [0.15, 0.2) is 69.2 Å². The van der Waals surface area contributed by atoms with E-state index in [2.05, 4.69) is 44.9 Å². The van der Waals surface area contributed by atoms with Crippen LogP contribution in [0.25, 0.3) is 33.5 Å². The largest absolute Gasteiger partial charge is 0.572 e. The van der Waals surface area contributed by atoms with Gasteiger partial charge in [0.25, 0.3) is 16.7 Å². The van der Waals surface area contributed by atoms with E-state index in [0.717, 1.165) is 53.5 Å². The predicted molar refractivity (Wildman–Crippen MR) is 213 cm³/mol. The van der Waals surface area contributed by atoms with Crippen molar-refractivity contribution in [3.63, 3.8) is 0 Å². The quantitative estimate of drug-likeness (QED) is 0.0583. The van der Waals surface area contributed by atoms with E-state index in [4.69, 9.17) is 45.0 Å². The number of aromatic nitrogens is 12. The molecule has 0 radical (unpaired) electrons. The standard InChI is InChI=1S/C33H39F3N15O13P/c1-31(34)16(52)10(62-25(31)49-7-40-13-19(49)43-28(37)46-22(13)55)4-59-65(58,60-5-11-17(53)32(2,35)26(63-11)50-8-41-14-20(50)44-29(38)47-23(14)56)61-6-12-18(54)33(3,36)27(64-12)51-9-42-15-21(51)45-30(39)48-24(15)57/h7-12,16-18,25-27,52-54,58H,4-6H2,1-3H3,(H8-,37,38,39,43,44,45,46,47,48,55,56,57)/p+1/t10-,11-,12-,16-,17-,18-,25-,26-,27-,31-,32-,33-/m1/s1. The molecule has 9 heterocycles. The van der Waals surface area contributed by atoms with Gasteiger partial charge in [0, 0.05) is 0 Å². The molecule has 13 N–H and O–H groups in total. The lowest BCUT2D eigenvalue weighted by Crippen LogP contribution is -2.42. The van der Waals surface area contributed by atoms with Crippen LogP contribution in [0.15, 0.2) is 33.4 Å². The molecule has 0 saturated carbocycles. The van der Waals surface area contributed by atoms with Gasteiger partial charge in [0.05, 0.1) is 19.0 Å². The summed E-state index contributed by atoms with van der Waals surface area (Å²) in [4.78, 5) is 79.8. The van der Waals surface area contributed by atoms with Crippen LogP contribution < -0.4 is 33.9 Å². The van der Waals surface area contributed by atoms with Crippen molar-refractivity contribution in [2.75, 3.05) is 37.0 Å². The number of alkyl halides is 3. The second kappa shape index (κ2) is 15.4. The number of ether oxygens (including phenoxy) is 3. The molecule has 28 nitrogen and oxygen atoms in total. The SMILES string of the molecule is C[C@@]1(F)[C@H](O)[C@@H](CO[P+](O)(OC[C@H]2O[C@@H](n3cnc4c(=O)[nH]c(N)nc43)[C@](C)(F)[C@@H]2O)OC[C@H]2O[C@@H](n3cnc4c(=O)[nH]c(N)nc43)[C@](C)(F)[C@@H]2O)O[C@H]1n1cnc2c(=O)[nH]c(N)nc21. The number of halogens is 3. The lowest BCUT2D eigenvalue weighted by molar-refractivity contribution is -0.0801. The number of fused-ring (bicyclic) bond motifs is 3. The van der Waals surface area contributed by atoms with E-state index in [-0.39, 0.29) is 51.3 Å². The Hall–Kier alpha value is -5.73. The highest BCUT2D eigenvalue weighted by molar-refractivity contribution is 7.55. The molecule has 350 valence electrons. The highest BCUT2D eigenvalue weighted by atomic mass is 31.2. The van der Waals surface area contributed by atoms with Gasteiger partial charge >= 0.3 is 8.17 Å². The fourth-order valence-electron chi connectivity index (χ4n) is 8.01. The number of imidazole rings is 3. The first-order chi connectivity index (χ1) is 30.5. The van der Waals surface area contributed by atoms with Crippen LogP contribution in [0.4, 0.5) is 31.0 Å². The zero-order valence-corrected chi connectivity index (χ0v) is 34.7. The van der Waals surface area contributed by atoms with E-state index in [1.54, 1.807) is 0 Å². The fraction of sp³-hybridized carbons (Fsp3) is 0.545. The van der Waals surface area contributed by atoms with Crippen molar-refractivity contribution in [2.24, 2.45) is 0 Å². The molecule has 0 spiro atoms. The van der Waals surface area contributed by atoms with Gasteiger partial charge < -0.3 is 46.7 Å². The van der Waals surface area contributed by atoms with Gasteiger partial charge in [0.2, 0.25) is 17.8 Å². The minimum atomic E-state index is -4.95. The number of hydrogen-bond donors (Lipinski definition) is 10. The van der Waals surface area contributed by atoms with Crippen LogP contribution in [0.2, 0.25) is 0 Å². The number of nitrogens with two attached hydrogens (primary N) is 3. The Morgan fingerprint density at radius 3 is 1.12 bits per heavy atom. The zero-order valence-electron chi connectivity index (χ0n) is 33.9. The van der Waals surface area contributed by atoms with Gasteiger partial charge in [-0.05, 0) is 20.8 Å². The molecular weight excluding hydrogens is 902 g/mol. The topological polar surface area (TPSA) is 405 Å². The van der Waals surface area contributed by atoms with Crippen molar-refractivity contribution in [3.05, 3.63) is 50.0 Å². The third-order valence-corrected chi connectivity index (χ3v) is 12.9. The second-order valence-electron chi connectivity index (χ2n) is 16.1. The third-order valence-electron chi connectivity index (χ3n) is 11.5. The molecule has 3 aliphatic heterocycles. The summed E-state index contributed by atoms with van der Waals surface area (Å²) < 4.78 is 86.7. The highest BCUT2D eigenvalue weighted by Crippen LogP contribution is 2.60. The number of rotatable bonds is 12. The smallest absolute Gasteiger partial charge is 0.387 e. The number of aliphatic hydroxyl groups is 3. The molecule has 0 aliphatic carbocycles. The molecular formula is C33H40F3N15O13P+. The Balaban J connectivity index is 0.974. The van der Waals surface area contributed by atoms with Crippen molar-refractivity contribution >= 4 is 59.5 Å². The molecule has 0 unspecified atom stereocenters. The summed E-state index contributed by atoms with van der Waals surface area (Å²) in [5.74, 6) is -0.989. The van der Waals surface area contributed by atoms with E-state index in [0.29, 0.717) is 0 Å². The molecule has 9 rings (SSSR count). The Morgan fingerprint density at radius 1 is 0.600 bits per heavy atom. The van der Waals surface area contributed by atoms with Crippen LogP contribution in [0.1, 0.15) is 39.5 Å². The van der Waals surface area contributed by atoms with Gasteiger partial charge in [-0.25, -0.2) is 28.1 Å². The first-order valence-corrected chi connectivity index (χ1v) is 20.8. The number of nitrogens with one attached hydrogen (secondary N) is 3. The van der Waals surface area contributed by atoms with Gasteiger partial charge in [0.1, 0.15) is 56.4 Å². The maximum absolute atomic E-state index is 16.4. The van der Waals surface area contributed by atoms with E-state index < -0.39 is 117 Å². The maximum atomic E-state index is 16.4. The first-order valence-electron chi connectivity index (χ1n) is 19.3. The lowest BCUT2D eigenvalue weighted by Gasteiger charge is -2.25. The molecule has 0 amide bonds. The number of hydrogen-bond acceptors (Lipinski definition) is 22. The van der Waals surface area contributed by atoms with Crippen LogP contribution in [-0.2, 0) is 27.8 Å². The number of aliphatic hydroxyl groups excluding tert-OH is 3. The van der Waals surface area contributed by atoms with Crippen molar-refractivity contribution in [1.29, 1.82) is 0 Å². The Bertz CT molecular complexity index is 2680. The molecule has 0 aromatic carbocycles. The van der Waals surface area contributed by atoms with Gasteiger partial charge in [-0.15, -0.1) is 0 Å². The van der Waals surface area contributed by atoms with E-state index >= 15 is 13.2 Å². The summed E-state index contributed by atoms with van der Waals surface area (Å²) in [5.41, 5.74) is 5.58. The van der Waals surface area contributed by atoms with Crippen LogP contribution >= 0.6 is 8.17 Å². The Morgan fingerprint density at radius 2 is 0.862 bits per heavy atom. The third kappa shape index (κ3) is 7.27. The molecule has 6 aromatic rings. The summed E-state index contributed by atoms with van der Waals surface area (Å²) in [5, 5.41) is 33.5. The lowest BCUT2D eigenvalue weighted by atomic mass is 9.98. The summed E-state index contributed by atoms with van der Waals surface area (Å²) in [6.45, 7) is 0.134. The average Bonchev–Trinajstić information content (AvgIpc) is 4.06. The molecule has 6 aromatic heterocycles. The van der Waals surface area contributed by atoms with E-state index in [1.807, 2.05) is 0 Å². The van der Waals surface area contributed by atoms with Gasteiger partial charge in [-0.2, -0.15) is 33.4 Å².